The number of carbonyl (C=O) groups excluding carboxylic acids is 1. The predicted molar refractivity (Wildman–Crippen MR) is 82.1 cm³/mol. The van der Waals surface area contributed by atoms with E-state index >= 15 is 0 Å². The summed E-state index contributed by atoms with van der Waals surface area (Å²) in [6, 6.07) is 5.55. The minimum absolute atomic E-state index is 0.194. The molecule has 1 atom stereocenters. The van der Waals surface area contributed by atoms with Crippen LogP contribution in [0.25, 0.3) is 0 Å². The number of carbonyl (C=O) groups is 1. The largest absolute Gasteiger partial charge is 0.446 e. The van der Waals surface area contributed by atoms with Crippen LogP contribution in [0.1, 0.15) is 47.4 Å². The molecule has 5 nitrogen and oxygen atoms in total. The highest BCUT2D eigenvalue weighted by molar-refractivity contribution is 6.02. The van der Waals surface area contributed by atoms with Gasteiger partial charge in [0.25, 0.3) is 5.91 Å². The van der Waals surface area contributed by atoms with E-state index in [4.69, 9.17) is 10.2 Å². The Hall–Kier alpha value is -2.14. The summed E-state index contributed by atoms with van der Waals surface area (Å²) in [6.07, 6.45) is 1.34. The number of aromatic nitrogens is 1. The Labute approximate surface area is 124 Å². The molecule has 112 valence electrons. The van der Waals surface area contributed by atoms with E-state index in [1.54, 1.807) is 0 Å². The standard InChI is InChI=1S/C16H21N3O2/c1-9(2)14(17)16-19-13(8-21-16)15(20)18-12-6-10(3)5-11(4)7-12/h5-9,14H,17H2,1-4H3,(H,18,20). The molecule has 1 heterocycles. The molecule has 0 spiro atoms. The van der Waals surface area contributed by atoms with Gasteiger partial charge >= 0.3 is 0 Å². The summed E-state index contributed by atoms with van der Waals surface area (Å²) in [4.78, 5) is 16.3. The maximum absolute atomic E-state index is 12.2. The summed E-state index contributed by atoms with van der Waals surface area (Å²) in [5.74, 6) is 0.278. The minimum atomic E-state index is -0.312. The van der Waals surface area contributed by atoms with Crippen LogP contribution in [0.4, 0.5) is 5.69 Å². The van der Waals surface area contributed by atoms with E-state index in [1.807, 2.05) is 45.9 Å². The molecule has 5 heteroatoms. The quantitative estimate of drug-likeness (QED) is 0.904. The van der Waals surface area contributed by atoms with Crippen LogP contribution in [0.5, 0.6) is 0 Å². The van der Waals surface area contributed by atoms with Crippen LogP contribution in [0.15, 0.2) is 28.9 Å². The van der Waals surface area contributed by atoms with Crippen molar-refractivity contribution in [2.75, 3.05) is 5.32 Å². The number of nitrogens with one attached hydrogen (secondary N) is 1. The molecule has 1 unspecified atom stereocenters. The Morgan fingerprint density at radius 3 is 2.43 bits per heavy atom. The van der Waals surface area contributed by atoms with Gasteiger partial charge < -0.3 is 15.5 Å². The van der Waals surface area contributed by atoms with Crippen molar-refractivity contribution in [3.8, 4) is 0 Å². The van der Waals surface area contributed by atoms with Crippen LogP contribution in [0.3, 0.4) is 0 Å². The molecule has 0 fully saturated rings. The number of amides is 1. The number of rotatable bonds is 4. The van der Waals surface area contributed by atoms with Gasteiger partial charge in [-0.1, -0.05) is 19.9 Å². The predicted octanol–water partition coefficient (Wildman–Crippen LogP) is 3.20. The molecule has 1 aromatic carbocycles. The third kappa shape index (κ3) is 3.70. The fraction of sp³-hybridized carbons (Fsp3) is 0.375. The summed E-state index contributed by atoms with van der Waals surface area (Å²) >= 11 is 0. The zero-order chi connectivity index (χ0) is 15.6. The van der Waals surface area contributed by atoms with Crippen LogP contribution in [0.2, 0.25) is 0 Å². The zero-order valence-electron chi connectivity index (χ0n) is 12.8. The second kappa shape index (κ2) is 6.10. The van der Waals surface area contributed by atoms with E-state index in [9.17, 15) is 4.79 Å². The Balaban J connectivity index is 2.13. The van der Waals surface area contributed by atoms with E-state index < -0.39 is 0 Å². The molecule has 3 N–H and O–H groups in total. The van der Waals surface area contributed by atoms with E-state index in [2.05, 4.69) is 10.3 Å². The summed E-state index contributed by atoms with van der Waals surface area (Å²) in [5.41, 5.74) is 9.12. The van der Waals surface area contributed by atoms with Crippen molar-refractivity contribution in [3.05, 3.63) is 47.2 Å². The average Bonchev–Trinajstić information content (AvgIpc) is 2.85. The van der Waals surface area contributed by atoms with Crippen LogP contribution in [0, 0.1) is 19.8 Å². The van der Waals surface area contributed by atoms with Crippen molar-refractivity contribution in [1.82, 2.24) is 4.98 Å². The highest BCUT2D eigenvalue weighted by Gasteiger charge is 2.19. The van der Waals surface area contributed by atoms with Crippen molar-refractivity contribution < 1.29 is 9.21 Å². The fourth-order valence-corrected chi connectivity index (χ4v) is 2.07. The summed E-state index contributed by atoms with van der Waals surface area (Å²) in [7, 11) is 0. The third-order valence-corrected chi connectivity index (χ3v) is 3.24. The first-order valence-corrected chi connectivity index (χ1v) is 6.97. The molecule has 0 radical (unpaired) electrons. The highest BCUT2D eigenvalue weighted by atomic mass is 16.3. The maximum Gasteiger partial charge on any atom is 0.277 e. The lowest BCUT2D eigenvalue weighted by molar-refractivity contribution is 0.102. The Morgan fingerprint density at radius 2 is 1.86 bits per heavy atom. The molecule has 0 saturated heterocycles. The van der Waals surface area contributed by atoms with Crippen LogP contribution in [-0.2, 0) is 0 Å². The second-order valence-corrected chi connectivity index (χ2v) is 5.67. The van der Waals surface area contributed by atoms with Crippen molar-refractivity contribution >= 4 is 11.6 Å². The van der Waals surface area contributed by atoms with Gasteiger partial charge in [-0.2, -0.15) is 0 Å². The molecule has 0 bridgehead atoms. The lowest BCUT2D eigenvalue weighted by Gasteiger charge is -2.10. The smallest absolute Gasteiger partial charge is 0.277 e. The zero-order valence-corrected chi connectivity index (χ0v) is 12.8. The highest BCUT2D eigenvalue weighted by Crippen LogP contribution is 2.19. The van der Waals surface area contributed by atoms with E-state index in [1.165, 1.54) is 6.26 Å². The Kier molecular flexibility index (Phi) is 4.43. The molecule has 0 aliphatic rings. The number of aryl methyl sites for hydroxylation is 2. The fourth-order valence-electron chi connectivity index (χ4n) is 2.07. The van der Waals surface area contributed by atoms with Gasteiger partial charge in [-0.15, -0.1) is 0 Å². The second-order valence-electron chi connectivity index (χ2n) is 5.67. The monoisotopic (exact) mass is 287 g/mol. The van der Waals surface area contributed by atoms with Crippen molar-refractivity contribution in [2.24, 2.45) is 11.7 Å². The van der Waals surface area contributed by atoms with E-state index in [0.29, 0.717) is 5.89 Å². The first kappa shape index (κ1) is 15.3. The van der Waals surface area contributed by atoms with Crippen LogP contribution >= 0.6 is 0 Å². The SMILES string of the molecule is Cc1cc(C)cc(NC(=O)c2coc(C(N)C(C)C)n2)c1. The Morgan fingerprint density at radius 1 is 1.24 bits per heavy atom. The number of hydrogen-bond donors (Lipinski definition) is 2. The number of anilines is 1. The summed E-state index contributed by atoms with van der Waals surface area (Å²) < 4.78 is 5.30. The molecular weight excluding hydrogens is 266 g/mol. The first-order valence-electron chi connectivity index (χ1n) is 6.97. The molecule has 2 rings (SSSR count). The van der Waals surface area contributed by atoms with Crippen LogP contribution < -0.4 is 11.1 Å². The molecule has 0 aliphatic carbocycles. The van der Waals surface area contributed by atoms with Crippen molar-refractivity contribution in [1.29, 1.82) is 0 Å². The van der Waals surface area contributed by atoms with E-state index in [-0.39, 0.29) is 23.6 Å². The van der Waals surface area contributed by atoms with Gasteiger partial charge in [0, 0.05) is 5.69 Å². The molecule has 0 aliphatic heterocycles. The molecule has 1 amide bonds. The third-order valence-electron chi connectivity index (χ3n) is 3.24. The summed E-state index contributed by atoms with van der Waals surface area (Å²) in [6.45, 7) is 7.92. The van der Waals surface area contributed by atoms with E-state index in [0.717, 1.165) is 16.8 Å². The molecule has 2 aromatic rings. The van der Waals surface area contributed by atoms with Gasteiger partial charge in [0.2, 0.25) is 5.89 Å². The van der Waals surface area contributed by atoms with Gasteiger partial charge in [-0.3, -0.25) is 4.79 Å². The number of benzene rings is 1. The van der Waals surface area contributed by atoms with Gasteiger partial charge in [0.15, 0.2) is 5.69 Å². The van der Waals surface area contributed by atoms with Crippen molar-refractivity contribution in [3.63, 3.8) is 0 Å². The Bertz CT molecular complexity index is 626. The molecule has 0 saturated carbocycles. The number of oxazole rings is 1. The number of hydrogen-bond acceptors (Lipinski definition) is 4. The van der Waals surface area contributed by atoms with Crippen molar-refractivity contribution in [2.45, 2.75) is 33.7 Å². The molecule has 21 heavy (non-hydrogen) atoms. The average molecular weight is 287 g/mol. The number of nitrogens with two attached hydrogens (primary N) is 1. The summed E-state index contributed by atoms with van der Waals surface area (Å²) in [5, 5.41) is 2.82. The van der Waals surface area contributed by atoms with Gasteiger partial charge in [-0.25, -0.2) is 4.98 Å². The number of nitrogens with zero attached hydrogens (tertiary/aromatic N) is 1. The maximum atomic E-state index is 12.2. The lowest BCUT2D eigenvalue weighted by Crippen LogP contribution is -2.18. The topological polar surface area (TPSA) is 81.2 Å². The normalized spacial score (nSPS) is 12.5. The van der Waals surface area contributed by atoms with Crippen LogP contribution in [-0.4, -0.2) is 10.9 Å². The van der Waals surface area contributed by atoms with Gasteiger partial charge in [-0.05, 0) is 43.0 Å². The van der Waals surface area contributed by atoms with Gasteiger partial charge in [0.05, 0.1) is 6.04 Å². The first-order chi connectivity index (χ1) is 9.86. The minimum Gasteiger partial charge on any atom is -0.446 e. The lowest BCUT2D eigenvalue weighted by atomic mass is 10.1. The van der Waals surface area contributed by atoms with Gasteiger partial charge in [0.1, 0.15) is 6.26 Å². The molecule has 1 aromatic heterocycles. The molecular formula is C16H21N3O2.